The minimum absolute atomic E-state index is 0.0251. The number of rotatable bonds is 11. The molecule has 8 nitrogen and oxygen atoms in total. The summed E-state index contributed by atoms with van der Waals surface area (Å²) < 4.78 is 16.9. The summed E-state index contributed by atoms with van der Waals surface area (Å²) in [4.78, 5) is 40.7. The second-order valence-electron chi connectivity index (χ2n) is 8.11. The Morgan fingerprint density at radius 1 is 1.09 bits per heavy atom. The SMILES string of the molecule is CCOC(=O)CCCN1C(=O)/C(=C\c2ccc(OCC(=O)N3CCCCC3)c(OCC)c2)SC1=S. The highest BCUT2D eigenvalue weighted by atomic mass is 32.2. The van der Waals surface area contributed by atoms with Gasteiger partial charge in [0.2, 0.25) is 0 Å². The molecule has 0 N–H and O–H groups in total. The smallest absolute Gasteiger partial charge is 0.305 e. The van der Waals surface area contributed by atoms with Gasteiger partial charge in [0, 0.05) is 26.1 Å². The molecule has 3 rings (SSSR count). The predicted octanol–water partition coefficient (Wildman–Crippen LogP) is 4.02. The van der Waals surface area contributed by atoms with Gasteiger partial charge in [0.1, 0.15) is 4.32 Å². The van der Waals surface area contributed by atoms with Crippen LogP contribution in [0.15, 0.2) is 23.1 Å². The molecule has 0 bridgehead atoms. The largest absolute Gasteiger partial charge is 0.490 e. The van der Waals surface area contributed by atoms with Crippen LogP contribution in [0.1, 0.15) is 51.5 Å². The molecule has 35 heavy (non-hydrogen) atoms. The number of carbonyl (C=O) groups excluding carboxylic acids is 3. The number of piperidine rings is 1. The van der Waals surface area contributed by atoms with Crippen molar-refractivity contribution in [2.45, 2.75) is 46.0 Å². The van der Waals surface area contributed by atoms with E-state index in [-0.39, 0.29) is 30.8 Å². The highest BCUT2D eigenvalue weighted by molar-refractivity contribution is 8.26. The Kier molecular flexibility index (Phi) is 10.4. The van der Waals surface area contributed by atoms with Crippen LogP contribution in [0.4, 0.5) is 0 Å². The van der Waals surface area contributed by atoms with E-state index in [1.54, 1.807) is 25.1 Å². The number of hydrogen-bond donors (Lipinski definition) is 0. The Hall–Kier alpha value is -2.59. The molecule has 1 aromatic rings. The number of thioether (sulfide) groups is 1. The van der Waals surface area contributed by atoms with Gasteiger partial charge in [-0.1, -0.05) is 30.0 Å². The molecule has 2 heterocycles. The topological polar surface area (TPSA) is 85.4 Å². The van der Waals surface area contributed by atoms with Crippen molar-refractivity contribution in [1.82, 2.24) is 9.80 Å². The summed E-state index contributed by atoms with van der Waals surface area (Å²) in [5.41, 5.74) is 0.759. The second kappa shape index (κ2) is 13.5. The molecule has 2 amide bonds. The number of likely N-dealkylation sites (tertiary alicyclic amines) is 1. The molecule has 2 aliphatic heterocycles. The van der Waals surface area contributed by atoms with E-state index in [9.17, 15) is 14.4 Å². The predicted molar refractivity (Wildman–Crippen MR) is 139 cm³/mol. The third-order valence-electron chi connectivity index (χ3n) is 5.57. The normalized spacial score (nSPS) is 17.1. The lowest BCUT2D eigenvalue weighted by atomic mass is 10.1. The van der Waals surface area contributed by atoms with E-state index >= 15 is 0 Å². The monoisotopic (exact) mass is 520 g/mol. The maximum atomic E-state index is 12.9. The molecule has 1 aromatic carbocycles. The van der Waals surface area contributed by atoms with Crippen molar-refractivity contribution in [1.29, 1.82) is 0 Å². The molecular formula is C25H32N2O6S2. The number of nitrogens with zero attached hydrogens (tertiary/aromatic N) is 2. The van der Waals surface area contributed by atoms with Crippen LogP contribution in [-0.4, -0.2) is 71.4 Å². The fourth-order valence-electron chi connectivity index (χ4n) is 3.83. The van der Waals surface area contributed by atoms with E-state index in [1.807, 2.05) is 17.9 Å². The summed E-state index contributed by atoms with van der Waals surface area (Å²) in [5, 5.41) is 0. The fourth-order valence-corrected chi connectivity index (χ4v) is 5.14. The molecule has 2 fully saturated rings. The first-order valence-electron chi connectivity index (χ1n) is 12.0. The molecule has 2 aliphatic rings. The fraction of sp³-hybridized carbons (Fsp3) is 0.520. The van der Waals surface area contributed by atoms with Crippen LogP contribution < -0.4 is 9.47 Å². The Balaban J connectivity index is 1.63. The van der Waals surface area contributed by atoms with E-state index in [2.05, 4.69) is 0 Å². The molecule has 10 heteroatoms. The second-order valence-corrected chi connectivity index (χ2v) is 9.79. The Labute approximate surface area is 215 Å². The molecule has 0 aromatic heterocycles. The van der Waals surface area contributed by atoms with Gasteiger partial charge in [0.15, 0.2) is 18.1 Å². The zero-order valence-electron chi connectivity index (χ0n) is 20.2. The van der Waals surface area contributed by atoms with Gasteiger partial charge >= 0.3 is 5.97 Å². The van der Waals surface area contributed by atoms with Gasteiger partial charge in [0.05, 0.1) is 18.1 Å². The van der Waals surface area contributed by atoms with Crippen molar-refractivity contribution in [3.8, 4) is 11.5 Å². The molecule has 2 saturated heterocycles. The summed E-state index contributed by atoms with van der Waals surface area (Å²) in [6.45, 7) is 6.28. The van der Waals surface area contributed by atoms with Gasteiger partial charge < -0.3 is 19.1 Å². The molecule has 190 valence electrons. The molecule has 0 unspecified atom stereocenters. The van der Waals surface area contributed by atoms with Crippen molar-refractivity contribution >= 4 is 52.2 Å². The average Bonchev–Trinajstić information content (AvgIpc) is 3.11. The molecule has 0 radical (unpaired) electrons. The molecule has 0 atom stereocenters. The standard InChI is InChI=1S/C25H32N2O6S2/c1-3-31-20-15-18(10-11-19(20)33-17-22(28)26-12-6-5-7-13-26)16-21-24(30)27(25(34)35-21)14-8-9-23(29)32-4-2/h10-11,15-16H,3-9,12-14,17H2,1-2H3/b21-16+. The Morgan fingerprint density at radius 3 is 2.57 bits per heavy atom. The zero-order chi connectivity index (χ0) is 25.2. The lowest BCUT2D eigenvalue weighted by Gasteiger charge is -2.26. The number of ether oxygens (including phenoxy) is 3. The number of thiocarbonyl (C=S) groups is 1. The lowest BCUT2D eigenvalue weighted by Crippen LogP contribution is -2.38. The van der Waals surface area contributed by atoms with Crippen LogP contribution in [0, 0.1) is 0 Å². The van der Waals surface area contributed by atoms with Crippen molar-refractivity contribution < 1.29 is 28.6 Å². The first-order chi connectivity index (χ1) is 16.9. The van der Waals surface area contributed by atoms with Crippen molar-refractivity contribution in [2.24, 2.45) is 0 Å². The minimum atomic E-state index is -0.281. The number of amides is 2. The van der Waals surface area contributed by atoms with Crippen LogP contribution in [0.25, 0.3) is 6.08 Å². The van der Waals surface area contributed by atoms with Gasteiger partial charge in [-0.05, 0) is 63.3 Å². The summed E-state index contributed by atoms with van der Waals surface area (Å²) in [6.07, 6.45) is 5.70. The van der Waals surface area contributed by atoms with Crippen LogP contribution in [-0.2, 0) is 19.1 Å². The third-order valence-corrected chi connectivity index (χ3v) is 6.94. The van der Waals surface area contributed by atoms with Crippen molar-refractivity contribution in [3.05, 3.63) is 28.7 Å². The number of carbonyl (C=O) groups is 3. The molecule has 0 aliphatic carbocycles. The first-order valence-corrected chi connectivity index (χ1v) is 13.2. The van der Waals surface area contributed by atoms with Crippen LogP contribution >= 0.6 is 24.0 Å². The van der Waals surface area contributed by atoms with E-state index in [0.29, 0.717) is 46.9 Å². The summed E-state index contributed by atoms with van der Waals surface area (Å²) in [6, 6.07) is 5.36. The molecule has 0 spiro atoms. The number of hydrogen-bond acceptors (Lipinski definition) is 8. The lowest BCUT2D eigenvalue weighted by molar-refractivity contribution is -0.143. The molecule has 0 saturated carbocycles. The van der Waals surface area contributed by atoms with Crippen molar-refractivity contribution in [2.75, 3.05) is 39.5 Å². The van der Waals surface area contributed by atoms with Gasteiger partial charge in [-0.25, -0.2) is 0 Å². The maximum Gasteiger partial charge on any atom is 0.305 e. The van der Waals surface area contributed by atoms with Gasteiger partial charge in [-0.2, -0.15) is 0 Å². The third kappa shape index (κ3) is 7.70. The van der Waals surface area contributed by atoms with E-state index < -0.39 is 0 Å². The van der Waals surface area contributed by atoms with Crippen molar-refractivity contribution in [3.63, 3.8) is 0 Å². The highest BCUT2D eigenvalue weighted by Gasteiger charge is 2.31. The van der Waals surface area contributed by atoms with E-state index in [0.717, 1.165) is 37.9 Å². The van der Waals surface area contributed by atoms with Gasteiger partial charge in [-0.3, -0.25) is 19.3 Å². The first kappa shape index (κ1) is 27.0. The highest BCUT2D eigenvalue weighted by Crippen LogP contribution is 2.35. The summed E-state index contributed by atoms with van der Waals surface area (Å²) >= 11 is 6.60. The Bertz CT molecular complexity index is 975. The van der Waals surface area contributed by atoms with E-state index in [4.69, 9.17) is 26.4 Å². The summed E-state index contributed by atoms with van der Waals surface area (Å²) in [7, 11) is 0. The van der Waals surface area contributed by atoms with Crippen LogP contribution in [0.5, 0.6) is 11.5 Å². The zero-order valence-corrected chi connectivity index (χ0v) is 21.9. The summed E-state index contributed by atoms with van der Waals surface area (Å²) in [5.74, 6) is 0.507. The quantitative estimate of drug-likeness (QED) is 0.246. The minimum Gasteiger partial charge on any atom is -0.490 e. The number of benzene rings is 1. The molecular weight excluding hydrogens is 488 g/mol. The maximum absolute atomic E-state index is 12.9. The van der Waals surface area contributed by atoms with Gasteiger partial charge in [-0.15, -0.1) is 0 Å². The van der Waals surface area contributed by atoms with Crippen LogP contribution in [0.2, 0.25) is 0 Å². The average molecular weight is 521 g/mol. The van der Waals surface area contributed by atoms with Gasteiger partial charge in [0.25, 0.3) is 11.8 Å². The van der Waals surface area contributed by atoms with Crippen LogP contribution in [0.3, 0.4) is 0 Å². The number of esters is 1. The van der Waals surface area contributed by atoms with E-state index in [1.165, 1.54) is 16.7 Å². The Morgan fingerprint density at radius 2 is 1.86 bits per heavy atom.